The van der Waals surface area contributed by atoms with E-state index in [1.807, 2.05) is 0 Å². The van der Waals surface area contributed by atoms with Crippen molar-refractivity contribution in [3.63, 3.8) is 0 Å². The van der Waals surface area contributed by atoms with Crippen LogP contribution in [0.5, 0.6) is 0 Å². The highest BCUT2D eigenvalue weighted by molar-refractivity contribution is 4.84. The summed E-state index contributed by atoms with van der Waals surface area (Å²) in [6.07, 6.45) is 9.80. The second-order valence-electron chi connectivity index (χ2n) is 7.61. The van der Waals surface area contributed by atoms with Gasteiger partial charge < -0.3 is 15.1 Å². The van der Waals surface area contributed by atoms with Gasteiger partial charge in [0.25, 0.3) is 0 Å². The predicted octanol–water partition coefficient (Wildman–Crippen LogP) is 2.82. The molecule has 2 rings (SSSR count). The van der Waals surface area contributed by atoms with Crippen molar-refractivity contribution in [3.8, 4) is 0 Å². The largest absolute Gasteiger partial charge is 0.314 e. The Morgan fingerprint density at radius 1 is 1.05 bits per heavy atom. The number of rotatable bonds is 7. The predicted molar refractivity (Wildman–Crippen MR) is 91.8 cm³/mol. The molecule has 0 amide bonds. The molecule has 0 aromatic heterocycles. The monoisotopic (exact) mass is 295 g/mol. The lowest BCUT2D eigenvalue weighted by molar-refractivity contribution is 0.119. The molecule has 0 aromatic carbocycles. The van der Waals surface area contributed by atoms with Crippen LogP contribution in [-0.4, -0.2) is 62.7 Å². The number of likely N-dealkylation sites (tertiary alicyclic amines) is 1. The van der Waals surface area contributed by atoms with E-state index < -0.39 is 0 Å². The zero-order valence-electron chi connectivity index (χ0n) is 14.6. The summed E-state index contributed by atoms with van der Waals surface area (Å²) in [7, 11) is 4.41. The third-order valence-corrected chi connectivity index (χ3v) is 5.39. The molecule has 2 aliphatic rings. The standard InChI is InChI=1S/C18H37N3/c1-4-11-19-18-8-6-5-7-17(18)15-21-12-9-16(10-13-21)14-20(2)3/h16-19H,4-15H2,1-3H3. The minimum atomic E-state index is 0.790. The second kappa shape index (κ2) is 9.12. The highest BCUT2D eigenvalue weighted by Gasteiger charge is 2.28. The zero-order valence-corrected chi connectivity index (χ0v) is 14.6. The van der Waals surface area contributed by atoms with Crippen molar-refractivity contribution in [3.05, 3.63) is 0 Å². The molecular formula is C18H37N3. The van der Waals surface area contributed by atoms with Crippen LogP contribution >= 0.6 is 0 Å². The van der Waals surface area contributed by atoms with Crippen LogP contribution in [0.1, 0.15) is 51.9 Å². The van der Waals surface area contributed by atoms with Crippen molar-refractivity contribution in [1.82, 2.24) is 15.1 Å². The molecule has 1 aliphatic carbocycles. The summed E-state index contributed by atoms with van der Waals surface area (Å²) in [6, 6.07) is 0.790. The number of piperidine rings is 1. The van der Waals surface area contributed by atoms with E-state index in [2.05, 4.69) is 36.1 Å². The molecule has 1 aliphatic heterocycles. The molecule has 124 valence electrons. The average molecular weight is 296 g/mol. The first-order valence-corrected chi connectivity index (χ1v) is 9.29. The van der Waals surface area contributed by atoms with Crippen LogP contribution in [0.4, 0.5) is 0 Å². The SMILES string of the molecule is CCCNC1CCCCC1CN1CCC(CN(C)C)CC1. The lowest BCUT2D eigenvalue weighted by atomic mass is 9.83. The molecule has 2 unspecified atom stereocenters. The van der Waals surface area contributed by atoms with E-state index in [9.17, 15) is 0 Å². The fraction of sp³-hybridized carbons (Fsp3) is 1.00. The molecule has 1 saturated carbocycles. The number of hydrogen-bond acceptors (Lipinski definition) is 3. The first-order chi connectivity index (χ1) is 10.2. The average Bonchev–Trinajstić information content (AvgIpc) is 2.48. The smallest absolute Gasteiger partial charge is 0.0107 e. The van der Waals surface area contributed by atoms with Gasteiger partial charge in [0.2, 0.25) is 0 Å². The van der Waals surface area contributed by atoms with Gasteiger partial charge in [0, 0.05) is 19.1 Å². The minimum absolute atomic E-state index is 0.790. The maximum atomic E-state index is 3.81. The van der Waals surface area contributed by atoms with E-state index >= 15 is 0 Å². The summed E-state index contributed by atoms with van der Waals surface area (Å²) in [4.78, 5) is 5.11. The highest BCUT2D eigenvalue weighted by atomic mass is 15.1. The normalized spacial score (nSPS) is 29.1. The molecular weight excluding hydrogens is 258 g/mol. The minimum Gasteiger partial charge on any atom is -0.314 e. The highest BCUT2D eigenvalue weighted by Crippen LogP contribution is 2.27. The van der Waals surface area contributed by atoms with Crippen LogP contribution in [0.15, 0.2) is 0 Å². The van der Waals surface area contributed by atoms with Crippen LogP contribution < -0.4 is 5.32 Å². The van der Waals surface area contributed by atoms with E-state index in [0.29, 0.717) is 0 Å². The Labute approximate surface area is 132 Å². The molecule has 0 spiro atoms. The first-order valence-electron chi connectivity index (χ1n) is 9.29. The molecule has 0 aromatic rings. The molecule has 3 heteroatoms. The molecule has 2 fully saturated rings. The van der Waals surface area contributed by atoms with E-state index in [1.54, 1.807) is 0 Å². The summed E-state index contributed by atoms with van der Waals surface area (Å²) in [6.45, 7) is 8.76. The van der Waals surface area contributed by atoms with Gasteiger partial charge >= 0.3 is 0 Å². The Morgan fingerprint density at radius 2 is 1.76 bits per heavy atom. The molecule has 1 heterocycles. The maximum absolute atomic E-state index is 3.81. The van der Waals surface area contributed by atoms with Crippen molar-refractivity contribution in [2.24, 2.45) is 11.8 Å². The fourth-order valence-corrected chi connectivity index (χ4v) is 4.22. The van der Waals surface area contributed by atoms with Gasteiger partial charge in [0.05, 0.1) is 0 Å². The van der Waals surface area contributed by atoms with Gasteiger partial charge in [0.15, 0.2) is 0 Å². The van der Waals surface area contributed by atoms with Gasteiger partial charge in [-0.2, -0.15) is 0 Å². The summed E-state index contributed by atoms with van der Waals surface area (Å²) in [5, 5.41) is 3.81. The van der Waals surface area contributed by atoms with Crippen molar-refractivity contribution in [1.29, 1.82) is 0 Å². The molecule has 21 heavy (non-hydrogen) atoms. The van der Waals surface area contributed by atoms with Gasteiger partial charge in [-0.05, 0) is 77.7 Å². The number of hydrogen-bond donors (Lipinski definition) is 1. The zero-order chi connectivity index (χ0) is 15.1. The summed E-state index contributed by atoms with van der Waals surface area (Å²) in [5.41, 5.74) is 0. The lowest BCUT2D eigenvalue weighted by Gasteiger charge is -2.39. The molecule has 1 N–H and O–H groups in total. The van der Waals surface area contributed by atoms with Crippen LogP contribution in [-0.2, 0) is 0 Å². The topological polar surface area (TPSA) is 18.5 Å². The van der Waals surface area contributed by atoms with E-state index in [1.165, 1.54) is 77.7 Å². The van der Waals surface area contributed by atoms with Crippen molar-refractivity contribution < 1.29 is 0 Å². The molecule has 1 saturated heterocycles. The van der Waals surface area contributed by atoms with Gasteiger partial charge in [-0.25, -0.2) is 0 Å². The molecule has 3 nitrogen and oxygen atoms in total. The van der Waals surface area contributed by atoms with Crippen molar-refractivity contribution in [2.45, 2.75) is 57.9 Å². The lowest BCUT2D eigenvalue weighted by Crippen LogP contribution is -2.46. The molecule has 0 bridgehead atoms. The number of nitrogens with one attached hydrogen (secondary N) is 1. The Morgan fingerprint density at radius 3 is 2.43 bits per heavy atom. The Bertz CT molecular complexity index is 272. The van der Waals surface area contributed by atoms with Gasteiger partial charge in [-0.15, -0.1) is 0 Å². The third kappa shape index (κ3) is 5.88. The van der Waals surface area contributed by atoms with Gasteiger partial charge in [-0.3, -0.25) is 0 Å². The second-order valence-corrected chi connectivity index (χ2v) is 7.61. The Kier molecular flexibility index (Phi) is 7.48. The van der Waals surface area contributed by atoms with E-state index in [4.69, 9.17) is 0 Å². The molecule has 0 radical (unpaired) electrons. The maximum Gasteiger partial charge on any atom is 0.0107 e. The van der Waals surface area contributed by atoms with Crippen LogP contribution in [0.3, 0.4) is 0 Å². The van der Waals surface area contributed by atoms with Gasteiger partial charge in [0.1, 0.15) is 0 Å². The quantitative estimate of drug-likeness (QED) is 0.779. The Hall–Kier alpha value is -0.120. The van der Waals surface area contributed by atoms with Crippen LogP contribution in [0, 0.1) is 11.8 Å². The Balaban J connectivity index is 1.73. The fourth-order valence-electron chi connectivity index (χ4n) is 4.22. The first kappa shape index (κ1) is 17.2. The summed E-state index contributed by atoms with van der Waals surface area (Å²) < 4.78 is 0. The number of nitrogens with zero attached hydrogens (tertiary/aromatic N) is 2. The summed E-state index contributed by atoms with van der Waals surface area (Å²) >= 11 is 0. The van der Waals surface area contributed by atoms with E-state index in [0.717, 1.165) is 17.9 Å². The van der Waals surface area contributed by atoms with E-state index in [-0.39, 0.29) is 0 Å². The van der Waals surface area contributed by atoms with Gasteiger partial charge in [-0.1, -0.05) is 19.8 Å². The van der Waals surface area contributed by atoms with Crippen molar-refractivity contribution >= 4 is 0 Å². The molecule has 2 atom stereocenters. The summed E-state index contributed by atoms with van der Waals surface area (Å²) in [5.74, 6) is 1.83. The third-order valence-electron chi connectivity index (χ3n) is 5.39. The van der Waals surface area contributed by atoms with Crippen molar-refractivity contribution in [2.75, 3.05) is 46.8 Å². The van der Waals surface area contributed by atoms with Crippen LogP contribution in [0.25, 0.3) is 0 Å². The van der Waals surface area contributed by atoms with Crippen LogP contribution in [0.2, 0.25) is 0 Å².